The van der Waals surface area contributed by atoms with Crippen molar-refractivity contribution in [3.8, 4) is 0 Å². The fraction of sp³-hybridized carbons (Fsp3) is 0.588. The van der Waals surface area contributed by atoms with E-state index in [2.05, 4.69) is 47.6 Å². The van der Waals surface area contributed by atoms with Gasteiger partial charge in [0.1, 0.15) is 0 Å². The molecule has 2 heterocycles. The summed E-state index contributed by atoms with van der Waals surface area (Å²) in [5, 5.41) is 6.34. The Bertz CT molecular complexity index is 557. The van der Waals surface area contributed by atoms with E-state index in [4.69, 9.17) is 0 Å². The third-order valence-corrected chi connectivity index (χ3v) is 4.95. The van der Waals surface area contributed by atoms with Gasteiger partial charge in [-0.15, -0.1) is 0 Å². The largest absolute Gasteiger partial charge is 0.382 e. The number of nitrogens with one attached hydrogen (secondary N) is 2. The predicted molar refractivity (Wildman–Crippen MR) is 86.9 cm³/mol. The van der Waals surface area contributed by atoms with Crippen molar-refractivity contribution in [1.29, 1.82) is 0 Å². The van der Waals surface area contributed by atoms with Crippen molar-refractivity contribution in [3.63, 3.8) is 0 Å². The Kier molecular flexibility index (Phi) is 3.56. The minimum Gasteiger partial charge on any atom is -0.382 e. The van der Waals surface area contributed by atoms with Crippen LogP contribution in [0, 0.1) is 5.41 Å². The van der Waals surface area contributed by atoms with Crippen LogP contribution >= 0.6 is 0 Å². The topological polar surface area (TPSA) is 44.4 Å². The van der Waals surface area contributed by atoms with Crippen molar-refractivity contribution in [1.82, 2.24) is 5.32 Å². The summed E-state index contributed by atoms with van der Waals surface area (Å²) in [6.07, 6.45) is 3.24. The highest BCUT2D eigenvalue weighted by Crippen LogP contribution is 2.35. The molecule has 1 amide bonds. The molecule has 1 saturated heterocycles. The number of aryl methyl sites for hydroxylation is 1. The van der Waals surface area contributed by atoms with Gasteiger partial charge in [-0.3, -0.25) is 4.79 Å². The van der Waals surface area contributed by atoms with E-state index in [0.29, 0.717) is 6.04 Å². The Balaban J connectivity index is 1.78. The summed E-state index contributed by atoms with van der Waals surface area (Å²) in [6.45, 7) is 6.04. The molecular weight excluding hydrogens is 262 g/mol. The number of fused-ring (bicyclic) bond motifs is 1. The molecule has 2 unspecified atom stereocenters. The van der Waals surface area contributed by atoms with Crippen molar-refractivity contribution in [2.75, 3.05) is 30.4 Å². The lowest BCUT2D eigenvalue weighted by molar-refractivity contribution is -0.128. The highest BCUT2D eigenvalue weighted by Gasteiger charge is 2.39. The predicted octanol–water partition coefficient (Wildman–Crippen LogP) is 2.40. The summed E-state index contributed by atoms with van der Waals surface area (Å²) >= 11 is 0. The van der Waals surface area contributed by atoms with Crippen LogP contribution in [0.1, 0.15) is 32.3 Å². The van der Waals surface area contributed by atoms with Gasteiger partial charge >= 0.3 is 0 Å². The third-order valence-electron chi connectivity index (χ3n) is 4.95. The lowest BCUT2D eigenvalue weighted by Gasteiger charge is -2.27. The van der Waals surface area contributed by atoms with Gasteiger partial charge in [0.05, 0.1) is 5.41 Å². The maximum absolute atomic E-state index is 12.0. The molecule has 2 N–H and O–H groups in total. The van der Waals surface area contributed by atoms with E-state index in [0.717, 1.165) is 25.9 Å². The molecule has 114 valence electrons. The number of carbonyl (C=O) groups excluding carboxylic acids is 1. The van der Waals surface area contributed by atoms with Gasteiger partial charge in [-0.25, -0.2) is 0 Å². The first-order chi connectivity index (χ1) is 10.0. The molecule has 21 heavy (non-hydrogen) atoms. The maximum atomic E-state index is 12.0. The minimum atomic E-state index is -0.266. The van der Waals surface area contributed by atoms with Gasteiger partial charge in [0.25, 0.3) is 0 Å². The fourth-order valence-corrected chi connectivity index (χ4v) is 3.50. The number of nitrogens with zero attached hydrogens (tertiary/aromatic N) is 1. The molecule has 2 atom stereocenters. The first kappa shape index (κ1) is 14.2. The molecular formula is C17H25N3O. The molecule has 4 heteroatoms. The zero-order chi connectivity index (χ0) is 15.0. The van der Waals surface area contributed by atoms with Crippen LogP contribution in [0.4, 0.5) is 11.4 Å². The van der Waals surface area contributed by atoms with Crippen molar-refractivity contribution in [3.05, 3.63) is 23.8 Å². The van der Waals surface area contributed by atoms with Crippen molar-refractivity contribution in [2.24, 2.45) is 5.41 Å². The van der Waals surface area contributed by atoms with Crippen molar-refractivity contribution in [2.45, 2.75) is 39.2 Å². The molecule has 1 aromatic rings. The molecule has 1 aromatic carbocycles. The molecule has 0 aromatic heterocycles. The van der Waals surface area contributed by atoms with Crippen LogP contribution in [0.15, 0.2) is 18.2 Å². The van der Waals surface area contributed by atoms with Gasteiger partial charge < -0.3 is 15.5 Å². The van der Waals surface area contributed by atoms with E-state index < -0.39 is 0 Å². The lowest BCUT2D eigenvalue weighted by Crippen LogP contribution is -2.39. The molecule has 0 spiro atoms. The minimum absolute atomic E-state index is 0.151. The monoisotopic (exact) mass is 287 g/mol. The number of benzene rings is 1. The van der Waals surface area contributed by atoms with Gasteiger partial charge in [-0.2, -0.15) is 0 Å². The summed E-state index contributed by atoms with van der Waals surface area (Å²) < 4.78 is 0. The van der Waals surface area contributed by atoms with Gasteiger partial charge in [-0.1, -0.05) is 0 Å². The van der Waals surface area contributed by atoms with Crippen LogP contribution in [-0.4, -0.2) is 32.1 Å². The van der Waals surface area contributed by atoms with Crippen molar-refractivity contribution >= 4 is 17.3 Å². The summed E-state index contributed by atoms with van der Waals surface area (Å²) in [5.41, 5.74) is 3.65. The Morgan fingerprint density at radius 3 is 3.05 bits per heavy atom. The zero-order valence-corrected chi connectivity index (χ0v) is 13.2. The smallest absolute Gasteiger partial charge is 0.227 e. The molecule has 0 aliphatic carbocycles. The summed E-state index contributed by atoms with van der Waals surface area (Å²) in [4.78, 5) is 14.4. The summed E-state index contributed by atoms with van der Waals surface area (Å²) in [6, 6.07) is 7.23. The quantitative estimate of drug-likeness (QED) is 0.878. The highest BCUT2D eigenvalue weighted by atomic mass is 16.2. The SMILES string of the molecule is CNC(=O)C1(C)CCN(c2ccc3c(c2)CCC(C)N3)C1. The lowest BCUT2D eigenvalue weighted by atomic mass is 9.89. The number of amides is 1. The Morgan fingerprint density at radius 1 is 1.48 bits per heavy atom. The Hall–Kier alpha value is -1.71. The summed E-state index contributed by atoms with van der Waals surface area (Å²) in [5.74, 6) is 0.151. The van der Waals surface area contributed by atoms with Crippen LogP contribution in [-0.2, 0) is 11.2 Å². The molecule has 2 aliphatic rings. The van der Waals surface area contributed by atoms with Crippen LogP contribution in [0.25, 0.3) is 0 Å². The van der Waals surface area contributed by atoms with Gasteiger partial charge in [0, 0.05) is 37.6 Å². The van der Waals surface area contributed by atoms with Gasteiger partial charge in [0.15, 0.2) is 0 Å². The second-order valence-electron chi connectivity index (χ2n) is 6.74. The Morgan fingerprint density at radius 2 is 2.29 bits per heavy atom. The normalized spacial score (nSPS) is 28.0. The zero-order valence-electron chi connectivity index (χ0n) is 13.2. The Labute approximate surface area is 126 Å². The first-order valence-electron chi connectivity index (χ1n) is 7.88. The van der Waals surface area contributed by atoms with E-state index in [1.807, 2.05) is 0 Å². The van der Waals surface area contributed by atoms with E-state index in [1.54, 1.807) is 7.05 Å². The van der Waals surface area contributed by atoms with Crippen LogP contribution in [0.5, 0.6) is 0 Å². The average molecular weight is 287 g/mol. The van der Waals surface area contributed by atoms with Gasteiger partial charge in [-0.05, 0) is 56.9 Å². The molecule has 1 fully saturated rings. The van der Waals surface area contributed by atoms with E-state index in [9.17, 15) is 4.79 Å². The first-order valence-corrected chi connectivity index (χ1v) is 7.88. The average Bonchev–Trinajstić information content (AvgIpc) is 2.89. The number of hydrogen-bond donors (Lipinski definition) is 2. The van der Waals surface area contributed by atoms with Crippen LogP contribution in [0.2, 0.25) is 0 Å². The number of rotatable bonds is 2. The van der Waals surface area contributed by atoms with E-state index >= 15 is 0 Å². The second-order valence-corrected chi connectivity index (χ2v) is 6.74. The van der Waals surface area contributed by atoms with E-state index in [-0.39, 0.29) is 11.3 Å². The molecule has 3 rings (SSSR count). The highest BCUT2D eigenvalue weighted by molar-refractivity contribution is 5.83. The van der Waals surface area contributed by atoms with Crippen molar-refractivity contribution < 1.29 is 4.79 Å². The molecule has 2 aliphatic heterocycles. The number of hydrogen-bond acceptors (Lipinski definition) is 3. The third kappa shape index (κ3) is 2.59. The van der Waals surface area contributed by atoms with Crippen LogP contribution in [0.3, 0.4) is 0 Å². The standard InChI is InChI=1S/C17H25N3O/c1-12-4-5-13-10-14(6-7-15(13)19-12)20-9-8-17(2,11-20)16(21)18-3/h6-7,10,12,19H,4-5,8-9,11H2,1-3H3,(H,18,21). The molecule has 0 saturated carbocycles. The van der Waals surface area contributed by atoms with E-state index in [1.165, 1.54) is 23.4 Å². The molecule has 0 radical (unpaired) electrons. The maximum Gasteiger partial charge on any atom is 0.227 e. The second kappa shape index (κ2) is 5.24. The fourth-order valence-electron chi connectivity index (χ4n) is 3.50. The number of carbonyl (C=O) groups is 1. The molecule has 4 nitrogen and oxygen atoms in total. The van der Waals surface area contributed by atoms with Gasteiger partial charge in [0.2, 0.25) is 5.91 Å². The molecule has 0 bridgehead atoms. The number of anilines is 2. The summed E-state index contributed by atoms with van der Waals surface area (Å²) in [7, 11) is 1.72. The van der Waals surface area contributed by atoms with Crippen LogP contribution < -0.4 is 15.5 Å².